The van der Waals surface area contributed by atoms with Crippen LogP contribution in [0.3, 0.4) is 0 Å². The minimum absolute atomic E-state index is 0.00267. The van der Waals surface area contributed by atoms with E-state index in [0.717, 1.165) is 33.3 Å². The summed E-state index contributed by atoms with van der Waals surface area (Å²) in [7, 11) is 0. The molecule has 0 aliphatic heterocycles. The number of anilines is 3. The first kappa shape index (κ1) is 20.9. The van der Waals surface area contributed by atoms with Gasteiger partial charge in [-0.15, -0.1) is 0 Å². The maximum absolute atomic E-state index is 8.00. The van der Waals surface area contributed by atoms with Crippen molar-refractivity contribution >= 4 is 50.6 Å². The van der Waals surface area contributed by atoms with Gasteiger partial charge in [0.2, 0.25) is 0 Å². The van der Waals surface area contributed by atoms with Crippen molar-refractivity contribution in [1.29, 1.82) is 0 Å². The first-order chi connectivity index (χ1) is 18.1. The normalized spacial score (nSPS) is 14.0. The highest BCUT2D eigenvalue weighted by Gasteiger charge is 2.20. The lowest BCUT2D eigenvalue weighted by Gasteiger charge is -2.27. The second kappa shape index (κ2) is 8.71. The summed E-state index contributed by atoms with van der Waals surface area (Å²) in [6.07, 6.45) is 0. The molecule has 2 nitrogen and oxygen atoms in total. The predicted octanol–water partition coefficient (Wildman–Crippen LogP) is 10.6. The van der Waals surface area contributed by atoms with Crippen LogP contribution in [0, 0.1) is 6.85 Å². The predicted molar refractivity (Wildman–Crippen MR) is 156 cm³/mol. The molecule has 3 heteroatoms. The van der Waals surface area contributed by atoms with Crippen LogP contribution in [0.15, 0.2) is 83.3 Å². The monoisotopic (exact) mass is 498 g/mol. The molecule has 0 aliphatic carbocycles. The Morgan fingerprint density at radius 1 is 0.639 bits per heavy atom. The largest absolute Gasteiger partial charge is 0.456 e. The molecular weight excluding hydrogens is 462 g/mol. The molecule has 0 spiro atoms. The molecule has 4 aromatic carbocycles. The lowest BCUT2D eigenvalue weighted by atomic mass is 9.86. The fraction of sp³-hybridized carbons (Fsp3) is 0.273. The molecule has 0 aliphatic rings. The Labute approximate surface area is 223 Å². The van der Waals surface area contributed by atoms with Crippen LogP contribution in [0.4, 0.5) is 17.1 Å². The number of furan rings is 1. The van der Waals surface area contributed by atoms with Crippen molar-refractivity contribution in [2.75, 3.05) is 4.90 Å². The summed E-state index contributed by atoms with van der Waals surface area (Å²) in [6, 6.07) is 25.9. The van der Waals surface area contributed by atoms with Crippen LogP contribution in [0.25, 0.3) is 21.9 Å². The van der Waals surface area contributed by atoms with Gasteiger partial charge < -0.3 is 9.32 Å². The van der Waals surface area contributed by atoms with Crippen molar-refractivity contribution in [3.63, 3.8) is 0 Å². The third kappa shape index (κ3) is 4.63. The molecule has 0 bridgehead atoms. The van der Waals surface area contributed by atoms with Gasteiger partial charge in [-0.1, -0.05) is 71.3 Å². The number of fused-ring (bicyclic) bond motifs is 3. The molecule has 0 N–H and O–H groups in total. The van der Waals surface area contributed by atoms with Crippen molar-refractivity contribution in [2.45, 2.75) is 59.2 Å². The van der Waals surface area contributed by atoms with Crippen molar-refractivity contribution in [1.82, 2.24) is 0 Å². The summed E-state index contributed by atoms with van der Waals surface area (Å²) in [4.78, 5) is 2.06. The zero-order chi connectivity index (χ0) is 28.3. The standard InChI is InChI=1S/C33H34ClNO/c1-21-16-24(34)19-27(17-21)35(25-11-8-22(9-12-25)32(2,3)4)26-13-15-31-29(20-26)28-18-23(33(5,6)7)10-14-30(28)36-31/h8-20H,1-7H3/i1D3. The van der Waals surface area contributed by atoms with E-state index in [2.05, 4.69) is 88.9 Å². The molecule has 184 valence electrons. The Morgan fingerprint density at radius 2 is 1.22 bits per heavy atom. The van der Waals surface area contributed by atoms with E-state index in [9.17, 15) is 0 Å². The molecule has 0 saturated heterocycles. The Kier molecular flexibility index (Phi) is 5.06. The van der Waals surface area contributed by atoms with E-state index >= 15 is 0 Å². The number of hydrogen-bond acceptors (Lipinski definition) is 2. The van der Waals surface area contributed by atoms with Gasteiger partial charge in [0.25, 0.3) is 0 Å². The van der Waals surface area contributed by atoms with Gasteiger partial charge in [0.1, 0.15) is 11.2 Å². The van der Waals surface area contributed by atoms with Crippen molar-refractivity contribution in [2.24, 2.45) is 0 Å². The SMILES string of the molecule is [2H]C([2H])([2H])c1cc(Cl)cc(N(c2ccc(C(C)(C)C)cc2)c2ccc3oc4ccc(C(C)(C)C)cc4c3c2)c1. The molecule has 0 atom stereocenters. The van der Waals surface area contributed by atoms with E-state index in [-0.39, 0.29) is 16.4 Å². The molecule has 5 rings (SSSR count). The average molecular weight is 499 g/mol. The van der Waals surface area contributed by atoms with Crippen LogP contribution in [-0.2, 0) is 10.8 Å². The zero-order valence-electron chi connectivity index (χ0n) is 24.7. The van der Waals surface area contributed by atoms with E-state index in [0.29, 0.717) is 10.7 Å². The van der Waals surface area contributed by atoms with Crippen molar-refractivity contribution in [3.05, 3.63) is 101 Å². The number of hydrogen-bond donors (Lipinski definition) is 0. The second-order valence-electron chi connectivity index (χ2n) is 11.6. The Morgan fingerprint density at radius 3 is 1.86 bits per heavy atom. The molecular formula is C33H34ClNO. The smallest absolute Gasteiger partial charge is 0.135 e. The van der Waals surface area contributed by atoms with Gasteiger partial charge in [-0.05, 0) is 95.0 Å². The van der Waals surface area contributed by atoms with Gasteiger partial charge in [-0.2, -0.15) is 0 Å². The summed E-state index contributed by atoms with van der Waals surface area (Å²) in [5.74, 6) is 0. The van der Waals surface area contributed by atoms with Gasteiger partial charge in [-0.25, -0.2) is 0 Å². The van der Waals surface area contributed by atoms with E-state index in [4.69, 9.17) is 20.1 Å². The fourth-order valence-electron chi connectivity index (χ4n) is 4.63. The molecule has 36 heavy (non-hydrogen) atoms. The van der Waals surface area contributed by atoms with Crippen LogP contribution in [0.2, 0.25) is 5.02 Å². The molecule has 5 aromatic rings. The van der Waals surface area contributed by atoms with Crippen molar-refractivity contribution < 1.29 is 8.53 Å². The first-order valence-electron chi connectivity index (χ1n) is 13.8. The number of nitrogens with zero attached hydrogens (tertiary/aromatic N) is 1. The minimum atomic E-state index is -2.28. The summed E-state index contributed by atoms with van der Waals surface area (Å²) in [5.41, 5.74) is 6.77. The van der Waals surface area contributed by atoms with Crippen LogP contribution in [0.1, 0.15) is 62.3 Å². The first-order valence-corrected chi connectivity index (χ1v) is 12.7. The molecule has 0 fully saturated rings. The minimum Gasteiger partial charge on any atom is -0.456 e. The van der Waals surface area contributed by atoms with Gasteiger partial charge in [0.05, 0.1) is 0 Å². The van der Waals surface area contributed by atoms with Gasteiger partial charge in [0, 0.05) is 37.0 Å². The number of aryl methyl sites for hydroxylation is 1. The van der Waals surface area contributed by atoms with E-state index < -0.39 is 6.85 Å². The summed E-state index contributed by atoms with van der Waals surface area (Å²) in [6.45, 7) is 10.9. The highest BCUT2D eigenvalue weighted by Crippen LogP contribution is 2.41. The molecule has 0 amide bonds. The maximum Gasteiger partial charge on any atom is 0.135 e. The summed E-state index contributed by atoms with van der Waals surface area (Å²) in [5, 5.41) is 2.43. The lowest BCUT2D eigenvalue weighted by molar-refractivity contribution is 0.590. The molecule has 1 aromatic heterocycles. The van der Waals surface area contributed by atoms with E-state index in [1.54, 1.807) is 6.07 Å². The van der Waals surface area contributed by atoms with Crippen LogP contribution >= 0.6 is 11.6 Å². The Balaban J connectivity index is 1.74. The van der Waals surface area contributed by atoms with E-state index in [1.165, 1.54) is 17.2 Å². The third-order valence-electron chi connectivity index (χ3n) is 6.71. The van der Waals surface area contributed by atoms with Crippen LogP contribution < -0.4 is 4.90 Å². The molecule has 0 unspecified atom stereocenters. The van der Waals surface area contributed by atoms with Crippen LogP contribution in [0.5, 0.6) is 0 Å². The van der Waals surface area contributed by atoms with Crippen molar-refractivity contribution in [3.8, 4) is 0 Å². The highest BCUT2D eigenvalue weighted by atomic mass is 35.5. The summed E-state index contributed by atoms with van der Waals surface area (Å²) < 4.78 is 30.2. The Hall–Kier alpha value is -3.23. The molecule has 0 saturated carbocycles. The topological polar surface area (TPSA) is 16.4 Å². The van der Waals surface area contributed by atoms with Gasteiger partial charge in [0.15, 0.2) is 0 Å². The number of halogens is 1. The molecule has 1 heterocycles. The van der Waals surface area contributed by atoms with E-state index in [1.807, 2.05) is 24.3 Å². The lowest BCUT2D eigenvalue weighted by Crippen LogP contribution is -2.13. The average Bonchev–Trinajstić information content (AvgIpc) is 3.20. The maximum atomic E-state index is 8.00. The highest BCUT2D eigenvalue weighted by molar-refractivity contribution is 6.31. The number of rotatable bonds is 3. The third-order valence-corrected chi connectivity index (χ3v) is 6.93. The van der Waals surface area contributed by atoms with Gasteiger partial charge in [-0.3, -0.25) is 0 Å². The fourth-order valence-corrected chi connectivity index (χ4v) is 4.86. The quantitative estimate of drug-likeness (QED) is 0.246. The van der Waals surface area contributed by atoms with Crippen LogP contribution in [-0.4, -0.2) is 0 Å². The van der Waals surface area contributed by atoms with Gasteiger partial charge >= 0.3 is 0 Å². The zero-order valence-corrected chi connectivity index (χ0v) is 22.5. The summed E-state index contributed by atoms with van der Waals surface area (Å²) >= 11 is 6.48. The number of benzene rings is 4. The second-order valence-corrected chi connectivity index (χ2v) is 12.0. The molecule has 0 radical (unpaired) electrons. The Bertz CT molecular complexity index is 1670.